The van der Waals surface area contributed by atoms with E-state index in [2.05, 4.69) is 0 Å². The topological polar surface area (TPSA) is 155 Å². The number of esters is 3. The molecule has 39 heavy (non-hydrogen) atoms. The number of carbonyl (C=O) groups is 3. The highest BCUT2D eigenvalue weighted by molar-refractivity contribution is 5.68. The van der Waals surface area contributed by atoms with Crippen molar-refractivity contribution in [1.82, 2.24) is 0 Å². The lowest BCUT2D eigenvalue weighted by Gasteiger charge is -2.49. The Morgan fingerprint density at radius 3 is 2.05 bits per heavy atom. The highest BCUT2D eigenvalue weighted by Gasteiger charge is 2.55. The van der Waals surface area contributed by atoms with Crippen molar-refractivity contribution >= 4 is 17.9 Å². The number of aliphatic hydroxyl groups excluding tert-OH is 1. The minimum Gasteiger partial charge on any atom is -0.456 e. The van der Waals surface area contributed by atoms with Crippen LogP contribution in [0, 0.1) is 0 Å². The van der Waals surface area contributed by atoms with Crippen molar-refractivity contribution in [3.05, 3.63) is 35.9 Å². The largest absolute Gasteiger partial charge is 0.456 e. The highest BCUT2D eigenvalue weighted by Crippen LogP contribution is 2.37. The first kappa shape index (κ1) is 29.3. The van der Waals surface area contributed by atoms with Crippen LogP contribution in [-0.2, 0) is 57.0 Å². The fourth-order valence-corrected chi connectivity index (χ4v) is 4.92. The Balaban J connectivity index is 1.58. The van der Waals surface area contributed by atoms with E-state index in [4.69, 9.17) is 42.6 Å². The van der Waals surface area contributed by atoms with E-state index in [0.717, 1.165) is 19.4 Å². The molecule has 3 fully saturated rings. The monoisotopic (exact) mass is 554 g/mol. The van der Waals surface area contributed by atoms with Crippen molar-refractivity contribution in [2.24, 2.45) is 0 Å². The van der Waals surface area contributed by atoms with E-state index >= 15 is 0 Å². The number of methoxy groups -OCH3 is 1. The van der Waals surface area contributed by atoms with Crippen molar-refractivity contribution < 1.29 is 62.1 Å². The van der Waals surface area contributed by atoms with Crippen LogP contribution in [0.1, 0.15) is 39.5 Å². The van der Waals surface area contributed by atoms with Crippen LogP contribution in [0.2, 0.25) is 0 Å². The molecule has 216 valence electrons. The molecule has 3 saturated heterocycles. The molecule has 0 spiro atoms. The number of aliphatic hydroxyl groups is 1. The standard InChI is InChI=1S/C26H34O13/c1-12-19(34-13(2)27)22(35-14(3)28)23(36-15(4)29)26(33-12)39-21-18(30)20-17(37-25(21)31-5)11-32-24(38-20)16-9-7-6-8-10-16/h6-10,12,17-26,30H,11H2,1-5H3/t12?,17?,18?,19-,20+,21?,22?,23-,24?,25+,26-/m0/s1. The summed E-state index contributed by atoms with van der Waals surface area (Å²) < 4.78 is 51.6. The van der Waals surface area contributed by atoms with E-state index < -0.39 is 85.6 Å². The molecular formula is C26H34O13. The minimum atomic E-state index is -1.37. The predicted molar refractivity (Wildman–Crippen MR) is 128 cm³/mol. The number of carbonyl (C=O) groups excluding carboxylic acids is 3. The first-order valence-electron chi connectivity index (χ1n) is 12.6. The van der Waals surface area contributed by atoms with Crippen LogP contribution in [-0.4, -0.2) is 98.1 Å². The molecule has 0 aliphatic carbocycles. The summed E-state index contributed by atoms with van der Waals surface area (Å²) in [7, 11) is 1.37. The molecule has 6 unspecified atom stereocenters. The van der Waals surface area contributed by atoms with Crippen molar-refractivity contribution in [2.45, 2.75) is 95.4 Å². The first-order valence-corrected chi connectivity index (χ1v) is 12.6. The van der Waals surface area contributed by atoms with E-state index in [-0.39, 0.29) is 6.61 Å². The van der Waals surface area contributed by atoms with Gasteiger partial charge in [-0.3, -0.25) is 14.4 Å². The normalized spacial score (nSPS) is 38.3. The van der Waals surface area contributed by atoms with Crippen LogP contribution in [0.4, 0.5) is 0 Å². The van der Waals surface area contributed by atoms with E-state index in [1.165, 1.54) is 14.0 Å². The number of rotatable bonds is 7. The van der Waals surface area contributed by atoms with Crippen LogP contribution in [0.5, 0.6) is 0 Å². The van der Waals surface area contributed by atoms with E-state index in [1.807, 2.05) is 30.3 Å². The van der Waals surface area contributed by atoms with Gasteiger partial charge >= 0.3 is 17.9 Å². The van der Waals surface area contributed by atoms with Gasteiger partial charge in [-0.1, -0.05) is 30.3 Å². The second kappa shape index (κ2) is 12.7. The van der Waals surface area contributed by atoms with Gasteiger partial charge in [-0.25, -0.2) is 0 Å². The average molecular weight is 555 g/mol. The lowest BCUT2D eigenvalue weighted by molar-refractivity contribution is -0.389. The zero-order chi connectivity index (χ0) is 28.3. The molecule has 3 aliphatic heterocycles. The van der Waals surface area contributed by atoms with Crippen molar-refractivity contribution in [3.8, 4) is 0 Å². The minimum absolute atomic E-state index is 0.124. The Hall–Kier alpha value is -2.65. The van der Waals surface area contributed by atoms with Crippen LogP contribution < -0.4 is 0 Å². The Morgan fingerprint density at radius 2 is 1.44 bits per heavy atom. The Labute approximate surface area is 225 Å². The van der Waals surface area contributed by atoms with Gasteiger partial charge in [0.2, 0.25) is 0 Å². The maximum Gasteiger partial charge on any atom is 0.303 e. The van der Waals surface area contributed by atoms with Crippen LogP contribution >= 0.6 is 0 Å². The maximum absolute atomic E-state index is 12.0. The summed E-state index contributed by atoms with van der Waals surface area (Å²) in [5.74, 6) is -2.09. The van der Waals surface area contributed by atoms with Crippen LogP contribution in [0.15, 0.2) is 30.3 Å². The fourth-order valence-electron chi connectivity index (χ4n) is 4.92. The van der Waals surface area contributed by atoms with Gasteiger partial charge < -0.3 is 47.7 Å². The number of ether oxygens (including phenoxy) is 9. The molecule has 13 heteroatoms. The zero-order valence-electron chi connectivity index (χ0n) is 22.3. The molecule has 4 rings (SSSR count). The van der Waals surface area contributed by atoms with E-state index in [9.17, 15) is 19.5 Å². The second-order valence-corrected chi connectivity index (χ2v) is 9.48. The van der Waals surface area contributed by atoms with Crippen molar-refractivity contribution in [3.63, 3.8) is 0 Å². The summed E-state index contributed by atoms with van der Waals surface area (Å²) in [4.78, 5) is 35.7. The third-order valence-electron chi connectivity index (χ3n) is 6.54. The summed E-state index contributed by atoms with van der Waals surface area (Å²) in [5, 5.41) is 11.4. The maximum atomic E-state index is 12.0. The van der Waals surface area contributed by atoms with Crippen molar-refractivity contribution in [1.29, 1.82) is 0 Å². The molecule has 11 atom stereocenters. The SMILES string of the molecule is CO[C@@H]1OC2COC(c3ccccc3)O[C@H]2C(O)C1O[C@@H]1OC(C)[C@H](OC(C)=O)C(OC(C)=O)[C@@H]1OC(C)=O. The molecule has 3 heterocycles. The Kier molecular flexibility index (Phi) is 9.54. The number of hydrogen-bond acceptors (Lipinski definition) is 13. The van der Waals surface area contributed by atoms with E-state index in [0.29, 0.717) is 0 Å². The zero-order valence-corrected chi connectivity index (χ0v) is 22.3. The Morgan fingerprint density at radius 1 is 0.821 bits per heavy atom. The average Bonchev–Trinajstić information content (AvgIpc) is 2.89. The molecule has 1 aromatic carbocycles. The van der Waals surface area contributed by atoms with Gasteiger partial charge in [0, 0.05) is 33.4 Å². The summed E-state index contributed by atoms with van der Waals surface area (Å²) in [6, 6.07) is 9.22. The van der Waals surface area contributed by atoms with Gasteiger partial charge in [0.25, 0.3) is 0 Å². The lowest BCUT2D eigenvalue weighted by atomic mass is 9.96. The van der Waals surface area contributed by atoms with Gasteiger partial charge in [0.05, 0.1) is 12.7 Å². The quantitative estimate of drug-likeness (QED) is 0.373. The molecule has 0 aromatic heterocycles. The summed E-state index contributed by atoms with van der Waals surface area (Å²) in [6.07, 6.45) is -11.8. The number of hydrogen-bond donors (Lipinski definition) is 1. The summed E-state index contributed by atoms with van der Waals surface area (Å²) in [5.41, 5.74) is 0.759. The molecule has 0 saturated carbocycles. The molecule has 0 bridgehead atoms. The van der Waals surface area contributed by atoms with Crippen LogP contribution in [0.25, 0.3) is 0 Å². The smallest absolute Gasteiger partial charge is 0.303 e. The molecule has 0 radical (unpaired) electrons. The lowest BCUT2D eigenvalue weighted by Crippen LogP contribution is -2.66. The molecule has 13 nitrogen and oxygen atoms in total. The third-order valence-corrected chi connectivity index (χ3v) is 6.54. The number of benzene rings is 1. The molecule has 0 amide bonds. The third kappa shape index (κ3) is 6.74. The second-order valence-electron chi connectivity index (χ2n) is 9.48. The number of fused-ring (bicyclic) bond motifs is 1. The summed E-state index contributed by atoms with van der Waals surface area (Å²) >= 11 is 0. The predicted octanol–water partition coefficient (Wildman–Crippen LogP) is 0.758. The van der Waals surface area contributed by atoms with Gasteiger partial charge in [-0.15, -0.1) is 0 Å². The molecule has 1 aromatic rings. The van der Waals surface area contributed by atoms with Gasteiger partial charge in [-0.05, 0) is 6.92 Å². The first-order chi connectivity index (χ1) is 18.6. The fraction of sp³-hybridized carbons (Fsp3) is 0.654. The van der Waals surface area contributed by atoms with Crippen molar-refractivity contribution in [2.75, 3.05) is 13.7 Å². The summed E-state index contributed by atoms with van der Waals surface area (Å²) in [6.45, 7) is 5.21. The Bertz CT molecular complexity index is 1000. The highest BCUT2D eigenvalue weighted by atomic mass is 16.8. The van der Waals surface area contributed by atoms with Gasteiger partial charge in [-0.2, -0.15) is 0 Å². The molecule has 3 aliphatic rings. The molecule has 1 N–H and O–H groups in total. The van der Waals surface area contributed by atoms with E-state index in [1.54, 1.807) is 6.92 Å². The molecular weight excluding hydrogens is 520 g/mol. The van der Waals surface area contributed by atoms with Crippen LogP contribution in [0.3, 0.4) is 0 Å². The van der Waals surface area contributed by atoms with Gasteiger partial charge in [0.15, 0.2) is 37.2 Å². The van der Waals surface area contributed by atoms with Gasteiger partial charge in [0.1, 0.15) is 24.4 Å².